The third kappa shape index (κ3) is 6.84. The molecule has 0 aliphatic carbocycles. The van der Waals surface area contributed by atoms with E-state index in [-0.39, 0.29) is 24.5 Å². The molecular formula is C14H25NO4. The van der Waals surface area contributed by atoms with Crippen molar-refractivity contribution in [1.29, 1.82) is 0 Å². The molecule has 5 heteroatoms. The van der Waals surface area contributed by atoms with Crippen molar-refractivity contribution in [3.8, 4) is 0 Å². The Morgan fingerprint density at radius 3 is 1.84 bits per heavy atom. The van der Waals surface area contributed by atoms with Crippen LogP contribution < -0.4 is 5.73 Å². The van der Waals surface area contributed by atoms with Crippen molar-refractivity contribution in [3.05, 3.63) is 11.3 Å². The van der Waals surface area contributed by atoms with Crippen LogP contribution in [0.1, 0.15) is 52.9 Å². The lowest BCUT2D eigenvalue weighted by atomic mass is 10.1. The van der Waals surface area contributed by atoms with Crippen LogP contribution in [-0.4, -0.2) is 25.2 Å². The summed E-state index contributed by atoms with van der Waals surface area (Å²) in [4.78, 5) is 23.5. The summed E-state index contributed by atoms with van der Waals surface area (Å²) < 4.78 is 9.68. The van der Waals surface area contributed by atoms with E-state index in [0.29, 0.717) is 6.42 Å². The van der Waals surface area contributed by atoms with Crippen molar-refractivity contribution < 1.29 is 19.1 Å². The van der Waals surface area contributed by atoms with Crippen molar-refractivity contribution >= 4 is 11.9 Å². The predicted octanol–water partition coefficient (Wildman–Crippen LogP) is 2.30. The smallest absolute Gasteiger partial charge is 0.347 e. The Kier molecular flexibility index (Phi) is 9.57. The molecule has 19 heavy (non-hydrogen) atoms. The van der Waals surface area contributed by atoms with Crippen molar-refractivity contribution in [2.24, 2.45) is 5.73 Å². The third-order valence-electron chi connectivity index (χ3n) is 2.58. The number of rotatable bonds is 9. The molecule has 0 aromatic carbocycles. The summed E-state index contributed by atoms with van der Waals surface area (Å²) in [5, 5.41) is 0. The van der Waals surface area contributed by atoms with Gasteiger partial charge in [0.05, 0.1) is 13.2 Å². The van der Waals surface area contributed by atoms with Crippen molar-refractivity contribution in [2.45, 2.75) is 52.9 Å². The fourth-order valence-corrected chi connectivity index (χ4v) is 1.62. The molecule has 0 fully saturated rings. The molecule has 0 heterocycles. The lowest BCUT2D eigenvalue weighted by Crippen LogP contribution is -2.23. The van der Waals surface area contributed by atoms with Gasteiger partial charge < -0.3 is 15.2 Å². The van der Waals surface area contributed by atoms with Gasteiger partial charge in [-0.1, -0.05) is 26.2 Å². The largest absolute Gasteiger partial charge is 0.462 e. The van der Waals surface area contributed by atoms with E-state index in [9.17, 15) is 9.59 Å². The Morgan fingerprint density at radius 1 is 0.895 bits per heavy atom. The second kappa shape index (κ2) is 10.4. The number of hydrogen-bond donors (Lipinski definition) is 1. The fraction of sp³-hybridized carbons (Fsp3) is 0.714. The van der Waals surface area contributed by atoms with Crippen LogP contribution in [0.15, 0.2) is 11.3 Å². The molecule has 5 nitrogen and oxygen atoms in total. The van der Waals surface area contributed by atoms with Crippen LogP contribution in [0.25, 0.3) is 0 Å². The summed E-state index contributed by atoms with van der Waals surface area (Å²) in [7, 11) is 0. The maximum atomic E-state index is 11.7. The summed E-state index contributed by atoms with van der Waals surface area (Å²) in [6.07, 6.45) is 4.61. The summed E-state index contributed by atoms with van der Waals surface area (Å²) >= 11 is 0. The average Bonchev–Trinajstić information content (AvgIpc) is 2.35. The minimum absolute atomic E-state index is 0.153. The van der Waals surface area contributed by atoms with E-state index < -0.39 is 11.9 Å². The second-order valence-electron chi connectivity index (χ2n) is 4.15. The fourth-order valence-electron chi connectivity index (χ4n) is 1.62. The number of carbonyl (C=O) groups excluding carboxylic acids is 2. The van der Waals surface area contributed by atoms with Crippen molar-refractivity contribution in [3.63, 3.8) is 0 Å². The van der Waals surface area contributed by atoms with Gasteiger partial charge in [0.1, 0.15) is 0 Å². The summed E-state index contributed by atoms with van der Waals surface area (Å²) in [6, 6.07) is 0. The average molecular weight is 271 g/mol. The Bertz CT molecular complexity index is 303. The number of carbonyl (C=O) groups is 2. The van der Waals surface area contributed by atoms with Crippen molar-refractivity contribution in [1.82, 2.24) is 0 Å². The molecule has 0 radical (unpaired) electrons. The number of unbranched alkanes of at least 4 members (excludes halogenated alkanes) is 3. The third-order valence-corrected chi connectivity index (χ3v) is 2.58. The summed E-state index contributed by atoms with van der Waals surface area (Å²) in [5.41, 5.74) is 5.95. The zero-order valence-electron chi connectivity index (χ0n) is 12.2. The van der Waals surface area contributed by atoms with Gasteiger partial charge in [0.2, 0.25) is 0 Å². The molecule has 0 rings (SSSR count). The molecule has 0 amide bonds. The molecule has 0 aliphatic heterocycles. The Hall–Kier alpha value is -1.52. The minimum atomic E-state index is -0.700. The van der Waals surface area contributed by atoms with Crippen LogP contribution in [0.4, 0.5) is 0 Å². The van der Waals surface area contributed by atoms with E-state index >= 15 is 0 Å². The molecule has 0 saturated heterocycles. The van der Waals surface area contributed by atoms with Gasteiger partial charge >= 0.3 is 11.9 Å². The first-order valence-corrected chi connectivity index (χ1v) is 6.91. The number of ether oxygens (including phenoxy) is 2. The highest BCUT2D eigenvalue weighted by atomic mass is 16.6. The van der Waals surface area contributed by atoms with Crippen LogP contribution in [0, 0.1) is 0 Å². The molecule has 0 aliphatic rings. The number of nitrogens with two attached hydrogens (primary N) is 1. The number of allylic oxidation sites excluding steroid dienone is 1. The topological polar surface area (TPSA) is 78.6 Å². The molecule has 0 spiro atoms. The molecule has 0 unspecified atom stereocenters. The van der Waals surface area contributed by atoms with Crippen LogP contribution in [0.3, 0.4) is 0 Å². The quantitative estimate of drug-likeness (QED) is 0.229. The normalized spacial score (nSPS) is 9.84. The SMILES string of the molecule is CCCCCCC(N)=C(C(=O)OCC)C(=O)OCC. The molecule has 0 atom stereocenters. The van der Waals surface area contributed by atoms with Gasteiger partial charge in [-0.3, -0.25) is 0 Å². The van der Waals surface area contributed by atoms with Gasteiger partial charge in [0.15, 0.2) is 5.57 Å². The maximum Gasteiger partial charge on any atom is 0.347 e. The second-order valence-corrected chi connectivity index (χ2v) is 4.15. The van der Waals surface area contributed by atoms with Gasteiger partial charge in [0, 0.05) is 5.70 Å². The Morgan fingerprint density at radius 2 is 1.42 bits per heavy atom. The van der Waals surface area contributed by atoms with Crippen LogP contribution in [0.2, 0.25) is 0 Å². The van der Waals surface area contributed by atoms with E-state index in [2.05, 4.69) is 6.92 Å². The van der Waals surface area contributed by atoms with E-state index in [1.54, 1.807) is 13.8 Å². The highest BCUT2D eigenvalue weighted by Gasteiger charge is 2.24. The molecule has 2 N–H and O–H groups in total. The minimum Gasteiger partial charge on any atom is -0.462 e. The van der Waals surface area contributed by atoms with Gasteiger partial charge in [-0.2, -0.15) is 0 Å². The zero-order chi connectivity index (χ0) is 14.7. The number of esters is 2. The highest BCUT2D eigenvalue weighted by molar-refractivity contribution is 6.14. The molecule has 0 aromatic rings. The summed E-state index contributed by atoms with van der Waals surface area (Å²) in [6.45, 7) is 5.87. The maximum absolute atomic E-state index is 11.7. The summed E-state index contributed by atoms with van der Waals surface area (Å²) in [5.74, 6) is -1.40. The van der Waals surface area contributed by atoms with Gasteiger partial charge in [0.25, 0.3) is 0 Å². The predicted molar refractivity (Wildman–Crippen MR) is 73.2 cm³/mol. The monoisotopic (exact) mass is 271 g/mol. The van der Waals surface area contributed by atoms with Crippen LogP contribution in [0.5, 0.6) is 0 Å². The number of hydrogen-bond acceptors (Lipinski definition) is 5. The first kappa shape index (κ1) is 17.5. The zero-order valence-corrected chi connectivity index (χ0v) is 12.2. The Labute approximate surface area is 115 Å². The molecule has 0 aromatic heterocycles. The van der Waals surface area contributed by atoms with Crippen LogP contribution in [-0.2, 0) is 19.1 Å². The van der Waals surface area contributed by atoms with Gasteiger partial charge in [-0.05, 0) is 26.7 Å². The molecule has 0 bridgehead atoms. The van der Waals surface area contributed by atoms with Crippen molar-refractivity contribution in [2.75, 3.05) is 13.2 Å². The van der Waals surface area contributed by atoms with E-state index in [1.165, 1.54) is 0 Å². The molecule has 110 valence electrons. The van der Waals surface area contributed by atoms with E-state index in [1.807, 2.05) is 0 Å². The lowest BCUT2D eigenvalue weighted by Gasteiger charge is -2.10. The molecule has 0 saturated carbocycles. The van der Waals surface area contributed by atoms with Gasteiger partial charge in [-0.25, -0.2) is 9.59 Å². The standard InChI is InChI=1S/C14H25NO4/c1-4-7-8-9-10-11(15)12(13(16)18-5-2)14(17)19-6-3/h4-10,15H2,1-3H3. The first-order chi connectivity index (χ1) is 9.08. The van der Waals surface area contributed by atoms with Gasteiger partial charge in [-0.15, -0.1) is 0 Å². The van der Waals surface area contributed by atoms with E-state index in [4.69, 9.17) is 15.2 Å². The first-order valence-electron chi connectivity index (χ1n) is 6.91. The van der Waals surface area contributed by atoms with Crippen LogP contribution >= 0.6 is 0 Å². The Balaban J connectivity index is 4.76. The van der Waals surface area contributed by atoms with E-state index in [0.717, 1.165) is 25.7 Å². The highest BCUT2D eigenvalue weighted by Crippen LogP contribution is 2.13. The lowest BCUT2D eigenvalue weighted by molar-refractivity contribution is -0.146. The molecular weight excluding hydrogens is 246 g/mol.